The number of allylic oxidation sites excluding steroid dienone is 2. The van der Waals surface area contributed by atoms with E-state index in [1.165, 1.54) is 0 Å². The fourth-order valence-corrected chi connectivity index (χ4v) is 9.58. The third-order valence-corrected chi connectivity index (χ3v) is 13.6. The van der Waals surface area contributed by atoms with Crippen LogP contribution in [0.4, 0.5) is 0 Å². The summed E-state index contributed by atoms with van der Waals surface area (Å²) < 4.78 is 25.6. The van der Waals surface area contributed by atoms with Crippen molar-refractivity contribution in [2.24, 2.45) is 5.92 Å². The zero-order chi connectivity index (χ0) is 26.9. The van der Waals surface area contributed by atoms with Crippen molar-refractivity contribution in [3.05, 3.63) is 60.2 Å². The number of rotatable bonds is 11. The normalized spacial score (nSPS) is 30.6. The van der Waals surface area contributed by atoms with Crippen LogP contribution in [0.2, 0.25) is 18.1 Å². The maximum absolute atomic E-state index is 13.9. The minimum absolute atomic E-state index is 0.198. The summed E-state index contributed by atoms with van der Waals surface area (Å²) in [6.45, 7) is 14.6. The van der Waals surface area contributed by atoms with Gasteiger partial charge in [0.15, 0.2) is 20.0 Å². The van der Waals surface area contributed by atoms with Crippen molar-refractivity contribution < 1.29 is 28.2 Å². The smallest absolute Gasteiger partial charge is 0.340 e. The molecule has 0 aromatic heterocycles. The minimum atomic E-state index is -2.24. The van der Waals surface area contributed by atoms with Gasteiger partial charge in [-0.25, -0.2) is 9.59 Å². The summed E-state index contributed by atoms with van der Waals surface area (Å²) in [6, 6.07) is 12.5. The van der Waals surface area contributed by atoms with Crippen LogP contribution in [0.5, 0.6) is 0 Å². The summed E-state index contributed by atoms with van der Waals surface area (Å²) in [5.74, 6) is -0.932. The summed E-state index contributed by atoms with van der Waals surface area (Å²) in [6.07, 6.45) is 5.04. The lowest BCUT2D eigenvalue weighted by Gasteiger charge is -2.44. The molecular formula is C30H42O6Si. The van der Waals surface area contributed by atoms with E-state index in [0.717, 1.165) is 29.3 Å². The third kappa shape index (κ3) is 4.86. The van der Waals surface area contributed by atoms with Crippen molar-refractivity contribution in [2.45, 2.75) is 108 Å². The van der Waals surface area contributed by atoms with Gasteiger partial charge in [0.1, 0.15) is 11.2 Å². The number of carbonyl (C=O) groups excluding carboxylic acids is 2. The molecule has 0 spiro atoms. The van der Waals surface area contributed by atoms with Crippen LogP contribution in [0.15, 0.2) is 54.6 Å². The van der Waals surface area contributed by atoms with Crippen LogP contribution in [-0.2, 0) is 34.8 Å². The monoisotopic (exact) mass is 526 g/mol. The van der Waals surface area contributed by atoms with Crippen LogP contribution in [-0.4, -0.2) is 43.2 Å². The van der Waals surface area contributed by atoms with Gasteiger partial charge in [-0.3, -0.25) is 0 Å². The Hall–Kier alpha value is -2.22. The summed E-state index contributed by atoms with van der Waals surface area (Å²) in [5.41, 5.74) is -1.08. The molecule has 0 saturated carbocycles. The van der Waals surface area contributed by atoms with Crippen molar-refractivity contribution in [2.75, 3.05) is 0 Å². The Labute approximate surface area is 222 Å². The number of cyclic esters (lactones) is 1. The van der Waals surface area contributed by atoms with Crippen LogP contribution in [0.1, 0.15) is 65.9 Å². The average molecular weight is 527 g/mol. The molecule has 0 radical (unpaired) electrons. The molecule has 6 nitrogen and oxygen atoms in total. The lowest BCUT2D eigenvalue weighted by Crippen LogP contribution is -2.57. The first-order valence-electron chi connectivity index (χ1n) is 13.7. The fourth-order valence-electron chi connectivity index (χ4n) is 6.57. The molecule has 1 aromatic rings. The Bertz CT molecular complexity index is 1040. The molecule has 0 bridgehead atoms. The molecule has 0 N–H and O–H groups in total. The average Bonchev–Trinajstić information content (AvgIpc) is 3.16. The minimum Gasteiger partial charge on any atom is -0.457 e. The second-order valence-electron chi connectivity index (χ2n) is 11.3. The van der Waals surface area contributed by atoms with Gasteiger partial charge in [-0.05, 0) is 56.8 Å². The molecular weight excluding hydrogens is 484 g/mol. The molecule has 1 aliphatic carbocycles. The third-order valence-electron chi connectivity index (χ3n) is 8.89. The van der Waals surface area contributed by atoms with Crippen LogP contribution in [0.3, 0.4) is 0 Å². The van der Waals surface area contributed by atoms with E-state index in [2.05, 4.69) is 33.4 Å². The van der Waals surface area contributed by atoms with Crippen molar-refractivity contribution in [1.29, 1.82) is 0 Å². The molecule has 7 heteroatoms. The quantitative estimate of drug-likeness (QED) is 0.192. The Kier molecular flexibility index (Phi) is 7.89. The van der Waals surface area contributed by atoms with E-state index in [4.69, 9.17) is 18.6 Å². The Morgan fingerprint density at radius 1 is 1.08 bits per heavy atom. The molecule has 4 rings (SSSR count). The van der Waals surface area contributed by atoms with Gasteiger partial charge >= 0.3 is 11.9 Å². The topological polar surface area (TPSA) is 71.1 Å². The second-order valence-corrected chi connectivity index (χ2v) is 16.0. The number of carbonyl (C=O) groups is 2. The Morgan fingerprint density at radius 2 is 1.76 bits per heavy atom. The predicted octanol–water partition coefficient (Wildman–Crippen LogP) is 6.27. The number of esters is 2. The Balaban J connectivity index is 1.78. The maximum atomic E-state index is 13.9. The standard InChI is InChI=1S/C30H42O6Si/c1-7-11-19-29-21-30(36-37(8-2,9-3)10-4)24(28(5,6)35-27(30)32)18-17-23(29)25(26(31)34-29)33-20-22-15-13-12-14-16-22/h7,12-17,24-25H,1,8-11,18-21H2,2-6H3/t24-,25-,29-,30+/m0/s1. The van der Waals surface area contributed by atoms with Crippen molar-refractivity contribution in [1.82, 2.24) is 0 Å². The molecule has 202 valence electrons. The highest BCUT2D eigenvalue weighted by Gasteiger charge is 2.69. The zero-order valence-corrected chi connectivity index (χ0v) is 24.0. The predicted molar refractivity (Wildman–Crippen MR) is 145 cm³/mol. The molecule has 2 fully saturated rings. The first-order valence-corrected chi connectivity index (χ1v) is 16.3. The summed E-state index contributed by atoms with van der Waals surface area (Å²) in [4.78, 5) is 27.2. The zero-order valence-electron chi connectivity index (χ0n) is 23.0. The van der Waals surface area contributed by atoms with E-state index in [1.54, 1.807) is 0 Å². The van der Waals surface area contributed by atoms with Gasteiger partial charge in [0.25, 0.3) is 0 Å². The SMILES string of the molecule is C=CCC[C@]12C[C@]3(O[Si](CC)(CC)CC)C(=O)OC(C)(C)[C@@H]3CC=C1[C@H](OCc1ccccc1)C(=O)O2. The molecule has 2 saturated heterocycles. The van der Waals surface area contributed by atoms with E-state index in [1.807, 2.05) is 50.3 Å². The number of hydrogen-bond acceptors (Lipinski definition) is 6. The van der Waals surface area contributed by atoms with Gasteiger partial charge < -0.3 is 18.6 Å². The number of ether oxygens (including phenoxy) is 3. The summed E-state index contributed by atoms with van der Waals surface area (Å²) in [5, 5.41) is 0. The molecule has 3 aliphatic rings. The van der Waals surface area contributed by atoms with E-state index in [-0.39, 0.29) is 18.3 Å². The van der Waals surface area contributed by atoms with Gasteiger partial charge in [0.05, 0.1) is 6.61 Å². The second kappa shape index (κ2) is 10.5. The molecule has 2 heterocycles. The molecule has 2 aliphatic heterocycles. The van der Waals surface area contributed by atoms with Gasteiger partial charge in [-0.15, -0.1) is 6.58 Å². The number of benzene rings is 1. The highest BCUT2D eigenvalue weighted by molar-refractivity contribution is 6.73. The number of hydrogen-bond donors (Lipinski definition) is 0. The van der Waals surface area contributed by atoms with E-state index < -0.39 is 37.2 Å². The van der Waals surface area contributed by atoms with Gasteiger partial charge in [-0.1, -0.05) is 63.3 Å². The Morgan fingerprint density at radius 3 is 2.38 bits per heavy atom. The van der Waals surface area contributed by atoms with Crippen molar-refractivity contribution in [3.8, 4) is 0 Å². The summed E-state index contributed by atoms with van der Waals surface area (Å²) >= 11 is 0. The highest BCUT2D eigenvalue weighted by atomic mass is 28.4. The fraction of sp³-hybridized carbons (Fsp3) is 0.600. The molecule has 37 heavy (non-hydrogen) atoms. The van der Waals surface area contributed by atoms with Crippen molar-refractivity contribution in [3.63, 3.8) is 0 Å². The lowest BCUT2D eigenvalue weighted by molar-refractivity contribution is -0.167. The van der Waals surface area contributed by atoms with E-state index in [0.29, 0.717) is 25.9 Å². The number of fused-ring (bicyclic) bond motifs is 2. The molecule has 4 atom stereocenters. The van der Waals surface area contributed by atoms with E-state index >= 15 is 0 Å². The first-order chi connectivity index (χ1) is 17.6. The highest BCUT2D eigenvalue weighted by Crippen LogP contribution is 2.57. The van der Waals surface area contributed by atoms with Gasteiger partial charge in [-0.2, -0.15) is 0 Å². The summed E-state index contributed by atoms with van der Waals surface area (Å²) in [7, 11) is -2.24. The first kappa shape index (κ1) is 27.8. The van der Waals surface area contributed by atoms with Crippen LogP contribution in [0.25, 0.3) is 0 Å². The van der Waals surface area contributed by atoms with Crippen LogP contribution in [0, 0.1) is 5.92 Å². The van der Waals surface area contributed by atoms with Crippen LogP contribution < -0.4 is 0 Å². The van der Waals surface area contributed by atoms with Crippen LogP contribution >= 0.6 is 0 Å². The van der Waals surface area contributed by atoms with Crippen molar-refractivity contribution >= 4 is 20.3 Å². The maximum Gasteiger partial charge on any atom is 0.340 e. The molecule has 0 unspecified atom stereocenters. The molecule has 1 aromatic carbocycles. The molecule has 0 amide bonds. The van der Waals surface area contributed by atoms with E-state index in [9.17, 15) is 9.59 Å². The van der Waals surface area contributed by atoms with Gasteiger partial charge in [0, 0.05) is 17.9 Å². The lowest BCUT2D eigenvalue weighted by atomic mass is 9.73. The van der Waals surface area contributed by atoms with Gasteiger partial charge in [0.2, 0.25) is 0 Å². The largest absolute Gasteiger partial charge is 0.457 e.